The lowest BCUT2D eigenvalue weighted by molar-refractivity contribution is -0.127. The minimum Gasteiger partial charge on any atom is -0.355 e. The van der Waals surface area contributed by atoms with Gasteiger partial charge >= 0.3 is 0 Å². The fraction of sp³-hybridized carbons (Fsp3) is 0.650. The largest absolute Gasteiger partial charge is 0.355 e. The maximum Gasteiger partial charge on any atom is 0.237 e. The van der Waals surface area contributed by atoms with E-state index in [1.807, 2.05) is 6.07 Å². The highest BCUT2D eigenvalue weighted by Crippen LogP contribution is 2.19. The lowest BCUT2D eigenvalue weighted by atomic mass is 10.0. The van der Waals surface area contributed by atoms with Crippen LogP contribution < -0.4 is 10.6 Å². The van der Waals surface area contributed by atoms with Gasteiger partial charge < -0.3 is 15.5 Å². The number of nitrogens with zero attached hydrogens (tertiary/aromatic N) is 2. The van der Waals surface area contributed by atoms with Crippen LogP contribution in [0.5, 0.6) is 0 Å². The van der Waals surface area contributed by atoms with Crippen molar-refractivity contribution in [2.75, 3.05) is 45.8 Å². The molecule has 1 atom stereocenters. The topological polar surface area (TPSA) is 47.6 Å². The molecule has 0 spiro atoms. The van der Waals surface area contributed by atoms with Crippen LogP contribution in [-0.4, -0.2) is 67.6 Å². The van der Waals surface area contributed by atoms with Crippen LogP contribution in [-0.2, 0) is 11.3 Å². The number of rotatable bonds is 7. The van der Waals surface area contributed by atoms with Gasteiger partial charge in [0.2, 0.25) is 5.91 Å². The molecule has 1 aromatic carbocycles. The van der Waals surface area contributed by atoms with E-state index >= 15 is 0 Å². The van der Waals surface area contributed by atoms with Crippen LogP contribution >= 0.6 is 24.8 Å². The summed E-state index contributed by atoms with van der Waals surface area (Å²) in [6.45, 7) is 8.20. The van der Waals surface area contributed by atoms with Gasteiger partial charge in [-0.15, -0.1) is 24.8 Å². The third-order valence-corrected chi connectivity index (χ3v) is 5.30. The van der Waals surface area contributed by atoms with E-state index in [1.54, 1.807) is 0 Å². The highest BCUT2D eigenvalue weighted by atomic mass is 35.5. The molecule has 1 unspecified atom stereocenters. The molecule has 0 radical (unpaired) electrons. The van der Waals surface area contributed by atoms with Crippen LogP contribution in [0.3, 0.4) is 0 Å². The highest BCUT2D eigenvalue weighted by molar-refractivity contribution is 5.85. The molecule has 0 aromatic heterocycles. The van der Waals surface area contributed by atoms with Crippen LogP contribution in [0.2, 0.25) is 0 Å². The SMILES string of the molecule is Cl.Cl.O=C(NCCCN1CCNCC1)C1CCCCN1Cc1ccccc1. The van der Waals surface area contributed by atoms with Crippen LogP contribution in [0.15, 0.2) is 30.3 Å². The van der Waals surface area contributed by atoms with Gasteiger partial charge in [-0.05, 0) is 37.9 Å². The Labute approximate surface area is 176 Å². The van der Waals surface area contributed by atoms with Crippen LogP contribution in [0.1, 0.15) is 31.2 Å². The molecule has 2 aliphatic heterocycles. The fourth-order valence-corrected chi connectivity index (χ4v) is 3.86. The number of nitrogens with one attached hydrogen (secondary N) is 2. The molecule has 5 nitrogen and oxygen atoms in total. The molecule has 0 saturated carbocycles. The number of carbonyl (C=O) groups excluding carboxylic acids is 1. The van der Waals surface area contributed by atoms with E-state index in [-0.39, 0.29) is 36.8 Å². The zero-order valence-corrected chi connectivity index (χ0v) is 17.7. The average Bonchev–Trinajstić information content (AvgIpc) is 2.67. The monoisotopic (exact) mass is 416 g/mol. The molecule has 2 aliphatic rings. The Bertz CT molecular complexity index is 526. The Kier molecular flexibility index (Phi) is 12.0. The van der Waals surface area contributed by atoms with Gasteiger partial charge in [-0.1, -0.05) is 36.8 Å². The molecule has 1 aromatic rings. The van der Waals surface area contributed by atoms with Crippen LogP contribution in [0, 0.1) is 0 Å². The van der Waals surface area contributed by atoms with Crippen molar-refractivity contribution in [3.8, 4) is 0 Å². The number of piperazine rings is 1. The van der Waals surface area contributed by atoms with E-state index in [9.17, 15) is 4.79 Å². The Morgan fingerprint density at radius 3 is 2.56 bits per heavy atom. The van der Waals surface area contributed by atoms with Gasteiger partial charge in [0.1, 0.15) is 0 Å². The summed E-state index contributed by atoms with van der Waals surface area (Å²) in [6, 6.07) is 10.5. The van der Waals surface area contributed by atoms with E-state index in [1.165, 1.54) is 12.0 Å². The third kappa shape index (κ3) is 7.96. The van der Waals surface area contributed by atoms with Gasteiger partial charge in [0, 0.05) is 39.3 Å². The molecule has 27 heavy (non-hydrogen) atoms. The maximum atomic E-state index is 12.7. The number of amides is 1. The van der Waals surface area contributed by atoms with Crippen molar-refractivity contribution >= 4 is 30.7 Å². The zero-order valence-electron chi connectivity index (χ0n) is 16.1. The van der Waals surface area contributed by atoms with Gasteiger partial charge in [-0.25, -0.2) is 0 Å². The van der Waals surface area contributed by atoms with Crippen molar-refractivity contribution in [2.24, 2.45) is 0 Å². The summed E-state index contributed by atoms with van der Waals surface area (Å²) in [5, 5.41) is 6.56. The van der Waals surface area contributed by atoms with Crippen molar-refractivity contribution < 1.29 is 4.79 Å². The second kappa shape index (κ2) is 13.3. The second-order valence-electron chi connectivity index (χ2n) is 7.20. The first-order chi connectivity index (χ1) is 12.3. The molecule has 7 heteroatoms. The molecule has 0 aliphatic carbocycles. The van der Waals surface area contributed by atoms with E-state index < -0.39 is 0 Å². The van der Waals surface area contributed by atoms with E-state index in [0.717, 1.165) is 71.6 Å². The molecule has 2 N–H and O–H groups in total. The lowest BCUT2D eigenvalue weighted by Gasteiger charge is -2.34. The Morgan fingerprint density at radius 1 is 1.07 bits per heavy atom. The predicted molar refractivity (Wildman–Crippen MR) is 116 cm³/mol. The summed E-state index contributed by atoms with van der Waals surface area (Å²) in [4.78, 5) is 17.5. The summed E-state index contributed by atoms with van der Waals surface area (Å²) in [5.74, 6) is 0.218. The Morgan fingerprint density at radius 2 is 1.81 bits per heavy atom. The summed E-state index contributed by atoms with van der Waals surface area (Å²) in [5.41, 5.74) is 1.29. The maximum absolute atomic E-state index is 12.7. The fourth-order valence-electron chi connectivity index (χ4n) is 3.86. The first-order valence-corrected chi connectivity index (χ1v) is 9.82. The number of carbonyl (C=O) groups is 1. The molecule has 154 valence electrons. The molecule has 3 rings (SSSR count). The van der Waals surface area contributed by atoms with Gasteiger partial charge in [0.25, 0.3) is 0 Å². The smallest absolute Gasteiger partial charge is 0.237 e. The number of hydrogen-bond donors (Lipinski definition) is 2. The van der Waals surface area contributed by atoms with E-state index in [2.05, 4.69) is 44.7 Å². The first-order valence-electron chi connectivity index (χ1n) is 9.82. The van der Waals surface area contributed by atoms with Gasteiger partial charge in [0.15, 0.2) is 0 Å². The Balaban J connectivity index is 0.00000182. The summed E-state index contributed by atoms with van der Waals surface area (Å²) >= 11 is 0. The lowest BCUT2D eigenvalue weighted by Crippen LogP contribution is -2.49. The molecule has 1 amide bonds. The predicted octanol–water partition coefficient (Wildman–Crippen LogP) is 2.30. The minimum absolute atomic E-state index is 0. The van der Waals surface area contributed by atoms with Crippen molar-refractivity contribution in [1.29, 1.82) is 0 Å². The molecule has 0 bridgehead atoms. The summed E-state index contributed by atoms with van der Waals surface area (Å²) < 4.78 is 0. The molecule has 2 fully saturated rings. The summed E-state index contributed by atoms with van der Waals surface area (Å²) in [6.07, 6.45) is 4.37. The molecular formula is C20H34Cl2N4O. The van der Waals surface area contributed by atoms with Gasteiger partial charge in [0.05, 0.1) is 6.04 Å². The van der Waals surface area contributed by atoms with Crippen LogP contribution in [0.4, 0.5) is 0 Å². The van der Waals surface area contributed by atoms with Crippen molar-refractivity contribution in [2.45, 2.75) is 38.3 Å². The molecule has 2 heterocycles. The number of piperidine rings is 1. The van der Waals surface area contributed by atoms with Crippen LogP contribution in [0.25, 0.3) is 0 Å². The number of likely N-dealkylation sites (tertiary alicyclic amines) is 1. The second-order valence-corrected chi connectivity index (χ2v) is 7.20. The van der Waals surface area contributed by atoms with Crippen molar-refractivity contribution in [3.05, 3.63) is 35.9 Å². The first kappa shape index (κ1) is 24.2. The molecule has 2 saturated heterocycles. The van der Waals surface area contributed by atoms with E-state index in [0.29, 0.717) is 0 Å². The van der Waals surface area contributed by atoms with Gasteiger partial charge in [-0.2, -0.15) is 0 Å². The summed E-state index contributed by atoms with van der Waals surface area (Å²) in [7, 11) is 0. The number of halogens is 2. The molecular weight excluding hydrogens is 383 g/mol. The quantitative estimate of drug-likeness (QED) is 0.669. The third-order valence-electron chi connectivity index (χ3n) is 5.30. The highest BCUT2D eigenvalue weighted by Gasteiger charge is 2.28. The Hall–Kier alpha value is -0.850. The zero-order chi connectivity index (χ0) is 17.3. The number of hydrogen-bond acceptors (Lipinski definition) is 4. The van der Waals surface area contributed by atoms with E-state index in [4.69, 9.17) is 0 Å². The normalized spacial score (nSPS) is 21.0. The number of benzene rings is 1. The average molecular weight is 417 g/mol. The standard InChI is InChI=1S/C20H32N4O.2ClH/c25-20(22-10-6-13-23-15-11-21-12-16-23)19-9-4-5-14-24(19)17-18-7-2-1-3-8-18;;/h1-3,7-8,19,21H,4-6,9-17H2,(H,22,25);2*1H. The van der Waals surface area contributed by atoms with Gasteiger partial charge in [-0.3, -0.25) is 9.69 Å². The van der Waals surface area contributed by atoms with Crippen molar-refractivity contribution in [3.63, 3.8) is 0 Å². The minimum atomic E-state index is 0. The van der Waals surface area contributed by atoms with Crippen molar-refractivity contribution in [1.82, 2.24) is 20.4 Å².